The Labute approximate surface area is 194 Å². The molecule has 3 rings (SSSR count). The van der Waals surface area contributed by atoms with Gasteiger partial charge >= 0.3 is 12.1 Å². The van der Waals surface area contributed by atoms with Gasteiger partial charge < -0.3 is 15.0 Å². The fraction of sp³-hybridized carbons (Fsp3) is 0.455. The molecule has 1 N–H and O–H groups in total. The zero-order chi connectivity index (χ0) is 23.3. The van der Waals surface area contributed by atoms with Crippen LogP contribution in [0.4, 0.5) is 15.3 Å². The molecule has 1 aliphatic rings. The first kappa shape index (κ1) is 23.8. The largest absolute Gasteiger partial charge is 0.416 e. The van der Waals surface area contributed by atoms with E-state index < -0.39 is 6.09 Å². The van der Waals surface area contributed by atoms with Crippen molar-refractivity contribution in [2.75, 3.05) is 30.5 Å². The van der Waals surface area contributed by atoms with Crippen molar-refractivity contribution in [2.45, 2.75) is 39.8 Å². The van der Waals surface area contributed by atoms with Crippen LogP contribution >= 0.6 is 12.8 Å². The standard InChI is InChI=1S/C22H30N6O3S/c1-16-6-5-7-17(24-16)15-26-10-12-27(13-11-26)21(30)31-19-9-8-18(14-23-19)28(32)20(29)25-22(2,3)4/h5-9,14,32H,10-13,15H2,1-4H3,(H,25,29). The normalized spacial score (nSPS) is 14.7. The van der Waals surface area contributed by atoms with Crippen LogP contribution in [0.25, 0.3) is 0 Å². The van der Waals surface area contributed by atoms with Gasteiger partial charge in [0.2, 0.25) is 5.88 Å². The predicted molar refractivity (Wildman–Crippen MR) is 126 cm³/mol. The third kappa shape index (κ3) is 6.83. The number of rotatable bonds is 4. The molecule has 3 amide bonds. The van der Waals surface area contributed by atoms with Crippen molar-refractivity contribution in [2.24, 2.45) is 0 Å². The Morgan fingerprint density at radius 1 is 1.16 bits per heavy atom. The monoisotopic (exact) mass is 458 g/mol. The van der Waals surface area contributed by atoms with Gasteiger partial charge in [0, 0.05) is 50.0 Å². The van der Waals surface area contributed by atoms with Crippen molar-refractivity contribution in [3.63, 3.8) is 0 Å². The van der Waals surface area contributed by atoms with E-state index in [1.54, 1.807) is 17.0 Å². The molecule has 2 aromatic heterocycles. The van der Waals surface area contributed by atoms with Crippen LogP contribution in [-0.4, -0.2) is 63.6 Å². The summed E-state index contributed by atoms with van der Waals surface area (Å²) in [5.74, 6) is 0.170. The topological polar surface area (TPSA) is 90.9 Å². The first-order valence-corrected chi connectivity index (χ1v) is 10.9. The lowest BCUT2D eigenvalue weighted by Gasteiger charge is -2.33. The highest BCUT2D eigenvalue weighted by molar-refractivity contribution is 7.82. The van der Waals surface area contributed by atoms with Crippen LogP contribution in [-0.2, 0) is 6.54 Å². The van der Waals surface area contributed by atoms with Gasteiger partial charge in [-0.25, -0.2) is 18.9 Å². The van der Waals surface area contributed by atoms with Crippen LogP contribution in [0, 0.1) is 6.92 Å². The Bertz CT molecular complexity index is 939. The first-order valence-electron chi connectivity index (χ1n) is 10.5. The lowest BCUT2D eigenvalue weighted by Crippen LogP contribution is -2.49. The Morgan fingerprint density at radius 3 is 2.47 bits per heavy atom. The number of nitrogens with one attached hydrogen (secondary N) is 1. The summed E-state index contributed by atoms with van der Waals surface area (Å²) in [4.78, 5) is 37.3. The van der Waals surface area contributed by atoms with Crippen LogP contribution < -0.4 is 14.4 Å². The van der Waals surface area contributed by atoms with Gasteiger partial charge in [-0.1, -0.05) is 18.9 Å². The van der Waals surface area contributed by atoms with Gasteiger partial charge in [0.25, 0.3) is 0 Å². The van der Waals surface area contributed by atoms with E-state index in [0.717, 1.165) is 35.3 Å². The molecule has 0 saturated carbocycles. The quantitative estimate of drug-likeness (QED) is 0.684. The number of pyridine rings is 2. The minimum Gasteiger partial charge on any atom is -0.391 e. The second kappa shape index (κ2) is 10.2. The number of anilines is 1. The lowest BCUT2D eigenvalue weighted by atomic mass is 10.1. The van der Waals surface area contributed by atoms with Gasteiger partial charge in [0.05, 0.1) is 17.6 Å². The van der Waals surface area contributed by atoms with Gasteiger partial charge in [-0.2, -0.15) is 0 Å². The van der Waals surface area contributed by atoms with Gasteiger partial charge in [-0.15, -0.1) is 0 Å². The van der Waals surface area contributed by atoms with Crippen LogP contribution in [0.5, 0.6) is 5.88 Å². The number of hydrogen-bond acceptors (Lipinski definition) is 7. The molecule has 1 fully saturated rings. The maximum Gasteiger partial charge on any atom is 0.416 e. The van der Waals surface area contributed by atoms with Crippen molar-refractivity contribution in [3.05, 3.63) is 47.9 Å². The van der Waals surface area contributed by atoms with E-state index in [4.69, 9.17) is 4.74 Å². The minimum atomic E-state index is -0.438. The lowest BCUT2D eigenvalue weighted by molar-refractivity contribution is 0.106. The highest BCUT2D eigenvalue weighted by atomic mass is 32.1. The Morgan fingerprint density at radius 2 is 1.88 bits per heavy atom. The number of amides is 3. The molecule has 2 aromatic rings. The summed E-state index contributed by atoms with van der Waals surface area (Å²) in [6, 6.07) is 8.80. The molecule has 0 spiro atoms. The molecule has 0 unspecified atom stereocenters. The van der Waals surface area contributed by atoms with Gasteiger partial charge in [0.1, 0.15) is 0 Å². The van der Waals surface area contributed by atoms with Crippen molar-refractivity contribution in [1.82, 2.24) is 25.1 Å². The van der Waals surface area contributed by atoms with Crippen LogP contribution in [0.15, 0.2) is 36.5 Å². The second-order valence-electron chi connectivity index (χ2n) is 8.75. The molecule has 1 aliphatic heterocycles. The molecule has 10 heteroatoms. The summed E-state index contributed by atoms with van der Waals surface area (Å²) in [6.45, 7) is 11.0. The average molecular weight is 459 g/mol. The predicted octanol–water partition coefficient (Wildman–Crippen LogP) is 3.26. The number of thiol groups is 1. The molecule has 0 bridgehead atoms. The number of nitrogens with zero attached hydrogens (tertiary/aromatic N) is 5. The molecule has 0 atom stereocenters. The maximum atomic E-state index is 12.5. The van der Waals surface area contributed by atoms with E-state index in [9.17, 15) is 9.59 Å². The van der Waals surface area contributed by atoms with E-state index in [1.165, 1.54) is 6.20 Å². The molecule has 172 valence electrons. The van der Waals surface area contributed by atoms with Crippen LogP contribution in [0.2, 0.25) is 0 Å². The molecule has 0 aromatic carbocycles. The van der Waals surface area contributed by atoms with Crippen molar-refractivity contribution < 1.29 is 14.3 Å². The van der Waals surface area contributed by atoms with Crippen molar-refractivity contribution >= 4 is 30.6 Å². The van der Waals surface area contributed by atoms with E-state index in [2.05, 4.69) is 33.0 Å². The molecule has 1 saturated heterocycles. The fourth-order valence-electron chi connectivity index (χ4n) is 3.21. The third-order valence-corrected chi connectivity index (χ3v) is 5.21. The molecular weight excluding hydrogens is 428 g/mol. The van der Waals surface area contributed by atoms with Crippen molar-refractivity contribution in [1.29, 1.82) is 0 Å². The number of aromatic nitrogens is 2. The molecule has 0 aliphatic carbocycles. The number of aryl methyl sites for hydroxylation is 1. The summed E-state index contributed by atoms with van der Waals surface area (Å²) in [6.07, 6.45) is 0.997. The minimum absolute atomic E-state index is 0.170. The molecular formula is C22H30N6O3S. The zero-order valence-corrected chi connectivity index (χ0v) is 19.8. The van der Waals surface area contributed by atoms with E-state index in [-0.39, 0.29) is 17.5 Å². The second-order valence-corrected chi connectivity index (χ2v) is 9.15. The zero-order valence-electron chi connectivity index (χ0n) is 18.9. The highest BCUT2D eigenvalue weighted by Crippen LogP contribution is 2.19. The maximum absolute atomic E-state index is 12.5. The molecule has 3 heterocycles. The van der Waals surface area contributed by atoms with E-state index in [1.807, 2.05) is 45.9 Å². The fourth-order valence-corrected chi connectivity index (χ4v) is 3.38. The molecule has 32 heavy (non-hydrogen) atoms. The summed E-state index contributed by atoms with van der Waals surface area (Å²) in [5, 5.41) is 2.81. The first-order chi connectivity index (χ1) is 15.1. The Hall–Kier alpha value is -2.85. The average Bonchev–Trinajstić information content (AvgIpc) is 2.73. The summed E-state index contributed by atoms with van der Waals surface area (Å²) >= 11 is 4.22. The van der Waals surface area contributed by atoms with Gasteiger partial charge in [-0.3, -0.25) is 9.88 Å². The Kier molecular flexibility index (Phi) is 7.57. The summed E-state index contributed by atoms with van der Waals surface area (Å²) < 4.78 is 6.56. The number of piperazine rings is 1. The number of carbonyl (C=O) groups is 2. The number of ether oxygens (including phenoxy) is 1. The summed E-state index contributed by atoms with van der Waals surface area (Å²) in [7, 11) is 0. The number of carbonyl (C=O) groups excluding carboxylic acids is 2. The molecule has 0 radical (unpaired) electrons. The van der Waals surface area contributed by atoms with Crippen molar-refractivity contribution in [3.8, 4) is 5.88 Å². The number of urea groups is 1. The molecule has 9 nitrogen and oxygen atoms in total. The highest BCUT2D eigenvalue weighted by Gasteiger charge is 2.24. The third-order valence-electron chi connectivity index (χ3n) is 4.79. The van der Waals surface area contributed by atoms with E-state index >= 15 is 0 Å². The van der Waals surface area contributed by atoms with E-state index in [0.29, 0.717) is 18.8 Å². The SMILES string of the molecule is Cc1cccc(CN2CCN(C(=O)Oc3ccc(N(S)C(=O)NC(C)(C)C)cn3)CC2)n1. The van der Waals surface area contributed by atoms with Crippen LogP contribution in [0.1, 0.15) is 32.2 Å². The number of hydrogen-bond donors (Lipinski definition) is 2. The van der Waals surface area contributed by atoms with Crippen LogP contribution in [0.3, 0.4) is 0 Å². The van der Waals surface area contributed by atoms with Gasteiger partial charge in [0.15, 0.2) is 0 Å². The summed E-state index contributed by atoms with van der Waals surface area (Å²) in [5.41, 5.74) is 2.11. The smallest absolute Gasteiger partial charge is 0.391 e. The van der Waals surface area contributed by atoms with Gasteiger partial charge in [-0.05, 0) is 45.9 Å². The Balaban J connectivity index is 1.48.